The fourth-order valence-electron chi connectivity index (χ4n) is 2.84. The maximum atomic E-state index is 6.42. The number of nitrogens with one attached hydrogen (secondary N) is 1. The number of nitrogens with zero attached hydrogens (tertiary/aromatic N) is 2. The number of rotatable bonds is 2. The number of fused-ring (bicyclic) bond motifs is 1. The molecule has 0 amide bonds. The van der Waals surface area contributed by atoms with Crippen LogP contribution in [0.4, 0.5) is 5.69 Å². The van der Waals surface area contributed by atoms with Gasteiger partial charge in [0.05, 0.1) is 16.2 Å². The first-order valence-corrected chi connectivity index (χ1v) is 8.02. The van der Waals surface area contributed by atoms with Crippen molar-refractivity contribution in [3.63, 3.8) is 0 Å². The van der Waals surface area contributed by atoms with Gasteiger partial charge >= 0.3 is 0 Å². The molecule has 2 heterocycles. The summed E-state index contributed by atoms with van der Waals surface area (Å²) in [6, 6.07) is 6.76. The van der Waals surface area contributed by atoms with E-state index in [1.165, 1.54) is 0 Å². The van der Waals surface area contributed by atoms with Crippen molar-refractivity contribution in [3.8, 4) is 0 Å². The van der Waals surface area contributed by atoms with E-state index in [9.17, 15) is 0 Å². The van der Waals surface area contributed by atoms with Crippen LogP contribution in [0.2, 0.25) is 5.02 Å². The molecular weight excluding hydrogens is 338 g/mol. The Hall–Kier alpha value is -0.840. The van der Waals surface area contributed by atoms with E-state index in [-0.39, 0.29) is 0 Å². The summed E-state index contributed by atoms with van der Waals surface area (Å²) in [7, 11) is 2.03. The number of hydrogen-bond donors (Lipinski definition) is 1. The van der Waals surface area contributed by atoms with Gasteiger partial charge in [-0.05, 0) is 38.1 Å². The zero-order chi connectivity index (χ0) is 14.1. The number of halogens is 2. The van der Waals surface area contributed by atoms with Crippen molar-refractivity contribution in [1.82, 2.24) is 10.3 Å². The minimum atomic E-state index is 0.616. The lowest BCUT2D eigenvalue weighted by Crippen LogP contribution is -2.41. The Morgan fingerprint density at radius 1 is 1.35 bits per heavy atom. The van der Waals surface area contributed by atoms with Crippen molar-refractivity contribution < 1.29 is 0 Å². The molecule has 2 aromatic rings. The summed E-state index contributed by atoms with van der Waals surface area (Å²) in [5.41, 5.74) is 2.11. The third-order valence-corrected chi connectivity index (χ3v) is 4.75. The minimum absolute atomic E-state index is 0.616. The molecule has 5 heteroatoms. The van der Waals surface area contributed by atoms with Gasteiger partial charge in [-0.2, -0.15) is 0 Å². The Kier molecular flexibility index (Phi) is 4.15. The van der Waals surface area contributed by atoms with Gasteiger partial charge < -0.3 is 10.2 Å². The molecule has 1 aliphatic heterocycles. The van der Waals surface area contributed by atoms with Gasteiger partial charge in [0, 0.05) is 35.2 Å². The smallest absolute Gasteiger partial charge is 0.0829 e. The van der Waals surface area contributed by atoms with E-state index in [1.54, 1.807) is 6.20 Å². The van der Waals surface area contributed by atoms with E-state index in [2.05, 4.69) is 37.2 Å². The summed E-state index contributed by atoms with van der Waals surface area (Å²) < 4.78 is 1.06. The molecule has 0 unspecified atom stereocenters. The third kappa shape index (κ3) is 2.65. The highest BCUT2D eigenvalue weighted by atomic mass is 79.9. The predicted octanol–water partition coefficient (Wildman–Crippen LogP) is 3.84. The number of benzene rings is 1. The first kappa shape index (κ1) is 14.1. The molecule has 1 saturated heterocycles. The SMILES string of the molecule is CNC1CCN(c2c(Cl)cnc3ccc(Br)cc23)CC1. The predicted molar refractivity (Wildman–Crippen MR) is 88.7 cm³/mol. The van der Waals surface area contributed by atoms with Crippen molar-refractivity contribution >= 4 is 44.1 Å². The minimum Gasteiger partial charge on any atom is -0.370 e. The number of aromatic nitrogens is 1. The van der Waals surface area contributed by atoms with Crippen LogP contribution in [0.5, 0.6) is 0 Å². The maximum absolute atomic E-state index is 6.42. The molecule has 3 rings (SSSR count). The Bertz CT molecular complexity index is 619. The largest absolute Gasteiger partial charge is 0.370 e. The molecule has 1 aromatic heterocycles. The van der Waals surface area contributed by atoms with Gasteiger partial charge in [0.1, 0.15) is 0 Å². The summed E-state index contributed by atoms with van der Waals surface area (Å²) >= 11 is 9.96. The Morgan fingerprint density at radius 3 is 2.80 bits per heavy atom. The second-order valence-electron chi connectivity index (χ2n) is 5.17. The molecule has 0 atom stereocenters. The van der Waals surface area contributed by atoms with Crippen molar-refractivity contribution in [2.45, 2.75) is 18.9 Å². The van der Waals surface area contributed by atoms with E-state index in [4.69, 9.17) is 11.6 Å². The van der Waals surface area contributed by atoms with E-state index in [0.29, 0.717) is 6.04 Å². The molecule has 0 saturated carbocycles. The monoisotopic (exact) mass is 353 g/mol. The normalized spacial score (nSPS) is 16.9. The molecule has 1 aliphatic rings. The molecule has 0 aliphatic carbocycles. The molecule has 106 valence electrons. The number of piperidine rings is 1. The molecule has 3 nitrogen and oxygen atoms in total. The number of hydrogen-bond acceptors (Lipinski definition) is 3. The highest BCUT2D eigenvalue weighted by molar-refractivity contribution is 9.10. The summed E-state index contributed by atoms with van der Waals surface area (Å²) in [4.78, 5) is 6.80. The maximum Gasteiger partial charge on any atom is 0.0829 e. The molecular formula is C15H17BrClN3. The third-order valence-electron chi connectivity index (χ3n) is 3.98. The van der Waals surface area contributed by atoms with Gasteiger partial charge in [0.25, 0.3) is 0 Å². The van der Waals surface area contributed by atoms with Crippen LogP contribution in [0.1, 0.15) is 12.8 Å². The number of pyridine rings is 1. The summed E-state index contributed by atoms with van der Waals surface area (Å²) in [6.45, 7) is 2.05. The van der Waals surface area contributed by atoms with Crippen LogP contribution in [-0.4, -0.2) is 31.2 Å². The average Bonchev–Trinajstić information content (AvgIpc) is 2.47. The van der Waals surface area contributed by atoms with Gasteiger partial charge in [0.2, 0.25) is 0 Å². The molecule has 1 fully saturated rings. The van der Waals surface area contributed by atoms with Crippen LogP contribution in [0, 0.1) is 0 Å². The molecule has 1 aromatic carbocycles. The topological polar surface area (TPSA) is 28.2 Å². The summed E-state index contributed by atoms with van der Waals surface area (Å²) in [5, 5.41) is 5.21. The van der Waals surface area contributed by atoms with Gasteiger partial charge in [-0.25, -0.2) is 0 Å². The molecule has 0 bridgehead atoms. The van der Waals surface area contributed by atoms with Crippen LogP contribution in [-0.2, 0) is 0 Å². The molecule has 1 N–H and O–H groups in total. The van der Waals surface area contributed by atoms with Gasteiger partial charge in [-0.1, -0.05) is 27.5 Å². The van der Waals surface area contributed by atoms with Crippen molar-refractivity contribution in [2.24, 2.45) is 0 Å². The summed E-state index contributed by atoms with van der Waals surface area (Å²) in [6.07, 6.45) is 4.05. The van der Waals surface area contributed by atoms with Crippen molar-refractivity contribution in [3.05, 3.63) is 33.9 Å². The fourth-order valence-corrected chi connectivity index (χ4v) is 3.47. The van der Waals surface area contributed by atoms with Crippen molar-refractivity contribution in [1.29, 1.82) is 0 Å². The van der Waals surface area contributed by atoms with Gasteiger partial charge in [-0.15, -0.1) is 0 Å². The van der Waals surface area contributed by atoms with Crippen LogP contribution in [0.25, 0.3) is 10.9 Å². The fraction of sp³-hybridized carbons (Fsp3) is 0.400. The van der Waals surface area contributed by atoms with E-state index < -0.39 is 0 Å². The van der Waals surface area contributed by atoms with Crippen LogP contribution in [0.3, 0.4) is 0 Å². The Balaban J connectivity index is 2.02. The lowest BCUT2D eigenvalue weighted by Gasteiger charge is -2.34. The number of anilines is 1. The van der Waals surface area contributed by atoms with E-state index in [0.717, 1.165) is 52.0 Å². The lowest BCUT2D eigenvalue weighted by atomic mass is 10.0. The van der Waals surface area contributed by atoms with E-state index in [1.807, 2.05) is 19.2 Å². The second-order valence-corrected chi connectivity index (χ2v) is 6.49. The van der Waals surface area contributed by atoms with E-state index >= 15 is 0 Å². The van der Waals surface area contributed by atoms with Crippen LogP contribution in [0.15, 0.2) is 28.9 Å². The molecule has 0 spiro atoms. The Labute approximate surface area is 132 Å². The highest BCUT2D eigenvalue weighted by Gasteiger charge is 2.21. The van der Waals surface area contributed by atoms with Crippen LogP contribution >= 0.6 is 27.5 Å². The first-order valence-electron chi connectivity index (χ1n) is 6.85. The average molecular weight is 355 g/mol. The summed E-state index contributed by atoms with van der Waals surface area (Å²) in [5.74, 6) is 0. The standard InChI is InChI=1S/C15H17BrClN3/c1-18-11-4-6-20(7-5-11)15-12-8-10(16)2-3-14(12)19-9-13(15)17/h2-3,8-9,11,18H,4-7H2,1H3. The van der Waals surface area contributed by atoms with Crippen molar-refractivity contribution in [2.75, 3.05) is 25.0 Å². The highest BCUT2D eigenvalue weighted by Crippen LogP contribution is 2.35. The van der Waals surface area contributed by atoms with Gasteiger partial charge in [0.15, 0.2) is 0 Å². The molecule has 20 heavy (non-hydrogen) atoms. The van der Waals surface area contributed by atoms with Gasteiger partial charge in [-0.3, -0.25) is 4.98 Å². The zero-order valence-electron chi connectivity index (χ0n) is 11.4. The lowest BCUT2D eigenvalue weighted by molar-refractivity contribution is 0.443. The second kappa shape index (κ2) is 5.88. The quantitative estimate of drug-likeness (QED) is 0.888. The zero-order valence-corrected chi connectivity index (χ0v) is 13.7. The first-order chi connectivity index (χ1) is 9.69. The molecule has 0 radical (unpaired) electrons. The van der Waals surface area contributed by atoms with Crippen LogP contribution < -0.4 is 10.2 Å². The Morgan fingerprint density at radius 2 is 2.10 bits per heavy atom.